The monoisotopic (exact) mass is 294 g/mol. The fraction of sp³-hybridized carbons (Fsp3) is 0.364. The van der Waals surface area contributed by atoms with E-state index in [9.17, 15) is 13.6 Å². The van der Waals surface area contributed by atoms with Crippen LogP contribution in [-0.4, -0.2) is 25.9 Å². The van der Waals surface area contributed by atoms with Gasteiger partial charge in [-0.2, -0.15) is 8.78 Å². The molecule has 0 atom stereocenters. The van der Waals surface area contributed by atoms with Crippen LogP contribution in [0.15, 0.2) is 18.2 Å². The second-order valence-electron chi connectivity index (χ2n) is 3.47. The molecule has 1 aromatic carbocycles. The molecule has 0 saturated heterocycles. The van der Waals surface area contributed by atoms with Gasteiger partial charge in [-0.1, -0.05) is 11.6 Å². The Morgan fingerprint density at radius 1 is 1.47 bits per heavy atom. The van der Waals surface area contributed by atoms with Crippen LogP contribution in [0.4, 0.5) is 13.6 Å². The third kappa shape index (κ3) is 6.21. The minimum atomic E-state index is -2.90. The highest BCUT2D eigenvalue weighted by Gasteiger charge is 2.10. The SMILES string of the molecule is NC(=O)OCCNCc1cc(Cl)ccc1OC(F)F. The molecule has 0 aromatic heterocycles. The van der Waals surface area contributed by atoms with Crippen LogP contribution in [0, 0.1) is 0 Å². The molecule has 0 aliphatic heterocycles. The van der Waals surface area contributed by atoms with Crippen molar-refractivity contribution in [1.82, 2.24) is 5.32 Å². The Balaban J connectivity index is 2.51. The van der Waals surface area contributed by atoms with Crippen molar-refractivity contribution < 1.29 is 23.0 Å². The summed E-state index contributed by atoms with van der Waals surface area (Å²) in [4.78, 5) is 10.3. The van der Waals surface area contributed by atoms with Crippen molar-refractivity contribution in [2.75, 3.05) is 13.2 Å². The first kappa shape index (κ1) is 15.5. The predicted molar refractivity (Wildman–Crippen MR) is 65.3 cm³/mol. The van der Waals surface area contributed by atoms with Crippen molar-refractivity contribution >= 4 is 17.7 Å². The van der Waals surface area contributed by atoms with Gasteiger partial charge in [-0.25, -0.2) is 4.79 Å². The number of primary amides is 1. The molecule has 5 nitrogen and oxygen atoms in total. The summed E-state index contributed by atoms with van der Waals surface area (Å²) < 4.78 is 33.2. The Hall–Kier alpha value is -1.60. The van der Waals surface area contributed by atoms with Gasteiger partial charge in [0, 0.05) is 23.7 Å². The molecular formula is C11H13ClF2N2O3. The quantitative estimate of drug-likeness (QED) is 0.756. The lowest BCUT2D eigenvalue weighted by Gasteiger charge is -2.12. The molecule has 19 heavy (non-hydrogen) atoms. The lowest BCUT2D eigenvalue weighted by molar-refractivity contribution is -0.0505. The molecule has 1 rings (SSSR count). The highest BCUT2D eigenvalue weighted by atomic mass is 35.5. The van der Waals surface area contributed by atoms with Gasteiger partial charge in [0.25, 0.3) is 0 Å². The number of rotatable bonds is 7. The van der Waals surface area contributed by atoms with Gasteiger partial charge < -0.3 is 20.5 Å². The molecule has 0 bridgehead atoms. The smallest absolute Gasteiger partial charge is 0.404 e. The van der Waals surface area contributed by atoms with E-state index in [4.69, 9.17) is 17.3 Å². The Morgan fingerprint density at radius 2 is 2.21 bits per heavy atom. The van der Waals surface area contributed by atoms with Crippen LogP contribution < -0.4 is 15.8 Å². The van der Waals surface area contributed by atoms with Crippen molar-refractivity contribution in [3.8, 4) is 5.75 Å². The molecule has 0 radical (unpaired) electrons. The molecule has 106 valence electrons. The second-order valence-corrected chi connectivity index (χ2v) is 3.91. The minimum absolute atomic E-state index is 0.0442. The van der Waals surface area contributed by atoms with Crippen molar-refractivity contribution in [3.63, 3.8) is 0 Å². The number of halogens is 3. The van der Waals surface area contributed by atoms with E-state index in [2.05, 4.69) is 14.8 Å². The van der Waals surface area contributed by atoms with Gasteiger partial charge in [0.15, 0.2) is 0 Å². The third-order valence-corrected chi connectivity index (χ3v) is 2.31. The Kier molecular flexibility index (Phi) is 6.31. The van der Waals surface area contributed by atoms with Gasteiger partial charge in [-0.3, -0.25) is 0 Å². The van der Waals surface area contributed by atoms with Gasteiger partial charge >= 0.3 is 12.7 Å². The number of carbonyl (C=O) groups is 1. The first-order valence-corrected chi connectivity index (χ1v) is 5.73. The molecule has 0 aliphatic carbocycles. The Labute approximate surface area is 113 Å². The molecule has 0 fully saturated rings. The maximum Gasteiger partial charge on any atom is 0.404 e. The predicted octanol–water partition coefficient (Wildman–Crippen LogP) is 2.13. The van der Waals surface area contributed by atoms with Crippen LogP contribution in [0.3, 0.4) is 0 Å². The molecule has 8 heteroatoms. The lowest BCUT2D eigenvalue weighted by atomic mass is 10.2. The fourth-order valence-corrected chi connectivity index (χ4v) is 1.54. The highest BCUT2D eigenvalue weighted by molar-refractivity contribution is 6.30. The highest BCUT2D eigenvalue weighted by Crippen LogP contribution is 2.24. The van der Waals surface area contributed by atoms with Gasteiger partial charge in [0.05, 0.1) is 0 Å². The largest absolute Gasteiger partial charge is 0.448 e. The van der Waals surface area contributed by atoms with E-state index in [1.807, 2.05) is 0 Å². The number of benzene rings is 1. The molecule has 0 aliphatic rings. The maximum absolute atomic E-state index is 12.2. The molecule has 0 unspecified atom stereocenters. The van der Waals surface area contributed by atoms with Crippen LogP contribution in [0.1, 0.15) is 5.56 Å². The number of carbonyl (C=O) groups excluding carboxylic acids is 1. The van der Waals surface area contributed by atoms with Crippen LogP contribution in [0.25, 0.3) is 0 Å². The minimum Gasteiger partial charge on any atom is -0.448 e. The van der Waals surface area contributed by atoms with E-state index in [-0.39, 0.29) is 18.9 Å². The number of hydrogen-bond donors (Lipinski definition) is 2. The van der Waals surface area contributed by atoms with E-state index in [0.29, 0.717) is 17.1 Å². The van der Waals surface area contributed by atoms with E-state index in [1.165, 1.54) is 18.2 Å². The third-order valence-electron chi connectivity index (χ3n) is 2.08. The Bertz CT molecular complexity index is 432. The van der Waals surface area contributed by atoms with E-state index >= 15 is 0 Å². The van der Waals surface area contributed by atoms with Crippen molar-refractivity contribution in [3.05, 3.63) is 28.8 Å². The zero-order chi connectivity index (χ0) is 14.3. The van der Waals surface area contributed by atoms with Crippen molar-refractivity contribution in [2.45, 2.75) is 13.2 Å². The summed E-state index contributed by atoms with van der Waals surface area (Å²) in [7, 11) is 0. The first-order valence-electron chi connectivity index (χ1n) is 5.35. The summed E-state index contributed by atoms with van der Waals surface area (Å²) in [6.45, 7) is -2.26. The summed E-state index contributed by atoms with van der Waals surface area (Å²) in [6, 6.07) is 4.34. The van der Waals surface area contributed by atoms with Crippen LogP contribution in [0.5, 0.6) is 5.75 Å². The van der Waals surface area contributed by atoms with E-state index in [1.54, 1.807) is 0 Å². The first-order chi connectivity index (χ1) is 8.99. The lowest BCUT2D eigenvalue weighted by Crippen LogP contribution is -2.23. The molecule has 0 spiro atoms. The van der Waals surface area contributed by atoms with Gasteiger partial charge in [0.2, 0.25) is 0 Å². The second kappa shape index (κ2) is 7.75. The molecule has 1 aromatic rings. The van der Waals surface area contributed by atoms with Crippen LogP contribution in [-0.2, 0) is 11.3 Å². The average Bonchev–Trinajstić information content (AvgIpc) is 2.31. The standard InChI is InChI=1S/C11H13ClF2N2O3/c12-8-1-2-9(19-10(13)14)7(5-8)6-16-3-4-18-11(15)17/h1-2,5,10,16H,3-4,6H2,(H2,15,17). The van der Waals surface area contributed by atoms with E-state index < -0.39 is 12.7 Å². The number of nitrogens with two attached hydrogens (primary N) is 1. The van der Waals surface area contributed by atoms with Crippen molar-refractivity contribution in [1.29, 1.82) is 0 Å². The van der Waals surface area contributed by atoms with Gasteiger partial charge in [-0.05, 0) is 18.2 Å². The average molecular weight is 295 g/mol. The zero-order valence-corrected chi connectivity index (χ0v) is 10.6. The van der Waals surface area contributed by atoms with Crippen LogP contribution >= 0.6 is 11.6 Å². The number of hydrogen-bond acceptors (Lipinski definition) is 4. The number of nitrogens with one attached hydrogen (secondary N) is 1. The van der Waals surface area contributed by atoms with Gasteiger partial charge in [-0.15, -0.1) is 0 Å². The summed E-state index contributed by atoms with van der Waals surface area (Å²) in [5, 5.41) is 3.29. The number of ether oxygens (including phenoxy) is 2. The molecule has 1 amide bonds. The molecular weight excluding hydrogens is 282 g/mol. The molecule has 3 N–H and O–H groups in total. The zero-order valence-electron chi connectivity index (χ0n) is 9.87. The summed E-state index contributed by atoms with van der Waals surface area (Å²) in [6.07, 6.45) is -0.869. The van der Waals surface area contributed by atoms with Crippen molar-refractivity contribution in [2.24, 2.45) is 5.73 Å². The number of alkyl halides is 2. The summed E-state index contributed by atoms with van der Waals surface area (Å²) in [5.41, 5.74) is 5.25. The topological polar surface area (TPSA) is 73.6 Å². The molecule has 0 saturated carbocycles. The Morgan fingerprint density at radius 3 is 2.84 bits per heavy atom. The number of amides is 1. The normalized spacial score (nSPS) is 10.5. The summed E-state index contributed by atoms with van der Waals surface area (Å²) >= 11 is 5.78. The van der Waals surface area contributed by atoms with E-state index in [0.717, 1.165) is 0 Å². The summed E-state index contributed by atoms with van der Waals surface area (Å²) in [5.74, 6) is 0.0442. The molecule has 0 heterocycles. The van der Waals surface area contributed by atoms with Gasteiger partial charge in [0.1, 0.15) is 12.4 Å². The maximum atomic E-state index is 12.2. The van der Waals surface area contributed by atoms with Crippen LogP contribution in [0.2, 0.25) is 5.02 Å². The fourth-order valence-electron chi connectivity index (χ4n) is 1.34.